The van der Waals surface area contributed by atoms with Crippen molar-refractivity contribution in [1.82, 2.24) is 20.2 Å². The van der Waals surface area contributed by atoms with E-state index in [2.05, 4.69) is 15.3 Å². The van der Waals surface area contributed by atoms with Crippen molar-refractivity contribution in [3.8, 4) is 0 Å². The second kappa shape index (κ2) is 9.40. The van der Waals surface area contributed by atoms with Crippen LogP contribution in [0.3, 0.4) is 0 Å². The first-order valence-corrected chi connectivity index (χ1v) is 10.5. The zero-order valence-electron chi connectivity index (χ0n) is 17.3. The van der Waals surface area contributed by atoms with Crippen molar-refractivity contribution in [2.45, 2.75) is 24.9 Å². The summed E-state index contributed by atoms with van der Waals surface area (Å²) in [5.41, 5.74) is 2.48. The fourth-order valence-electron chi connectivity index (χ4n) is 3.95. The number of aromatic nitrogens is 2. The third kappa shape index (κ3) is 4.45. The monoisotopic (exact) mass is 456 g/mol. The number of carbonyl (C=O) groups excluding carboxylic acids is 2. The molecule has 7 nitrogen and oxygen atoms in total. The zero-order valence-corrected chi connectivity index (χ0v) is 18.1. The van der Waals surface area contributed by atoms with E-state index in [0.717, 1.165) is 11.3 Å². The Morgan fingerprint density at radius 1 is 1.31 bits per heavy atom. The van der Waals surface area contributed by atoms with Gasteiger partial charge in [-0.1, -0.05) is 41.9 Å². The van der Waals surface area contributed by atoms with E-state index in [1.807, 2.05) is 30.3 Å². The molecule has 2 atom stereocenters. The predicted molar refractivity (Wildman–Crippen MR) is 117 cm³/mol. The highest BCUT2D eigenvalue weighted by Gasteiger charge is 2.37. The summed E-state index contributed by atoms with van der Waals surface area (Å²) >= 11 is 6.12. The molecule has 0 saturated carbocycles. The summed E-state index contributed by atoms with van der Waals surface area (Å²) < 4.78 is 19.7. The molecule has 1 aliphatic rings. The largest absolute Gasteiger partial charge is 0.467 e. The fraction of sp³-hybridized carbons (Fsp3) is 0.261. The van der Waals surface area contributed by atoms with Crippen molar-refractivity contribution in [1.29, 1.82) is 0 Å². The average molecular weight is 457 g/mol. The Balaban J connectivity index is 1.64. The number of imidazole rings is 1. The van der Waals surface area contributed by atoms with Crippen LogP contribution in [0.25, 0.3) is 0 Å². The van der Waals surface area contributed by atoms with Gasteiger partial charge in [0.2, 0.25) is 0 Å². The molecule has 9 heteroatoms. The summed E-state index contributed by atoms with van der Waals surface area (Å²) in [6.07, 6.45) is 2.30. The molecule has 1 aliphatic heterocycles. The minimum Gasteiger partial charge on any atom is -0.467 e. The third-order valence-corrected chi connectivity index (χ3v) is 5.74. The number of aromatic amines is 1. The second-order valence-electron chi connectivity index (χ2n) is 7.49. The predicted octanol–water partition coefficient (Wildman–Crippen LogP) is 3.64. The number of hydrogen-bond donors (Lipinski definition) is 2. The van der Waals surface area contributed by atoms with Gasteiger partial charge in [-0.3, -0.25) is 0 Å². The minimum absolute atomic E-state index is 0.235. The Hall–Kier alpha value is -3.39. The lowest BCUT2D eigenvalue weighted by Crippen LogP contribution is -2.52. The van der Waals surface area contributed by atoms with Crippen LogP contribution in [0.4, 0.5) is 9.18 Å². The molecule has 0 fully saturated rings. The van der Waals surface area contributed by atoms with Crippen LogP contribution >= 0.6 is 11.6 Å². The Kier molecular flexibility index (Phi) is 6.41. The van der Waals surface area contributed by atoms with Crippen molar-refractivity contribution in [3.05, 3.63) is 88.2 Å². The minimum atomic E-state index is -0.902. The Labute approximate surface area is 189 Å². The molecule has 2 aromatic carbocycles. The van der Waals surface area contributed by atoms with Crippen LogP contribution < -0.4 is 5.32 Å². The van der Waals surface area contributed by atoms with Crippen LogP contribution in [-0.4, -0.2) is 46.6 Å². The summed E-state index contributed by atoms with van der Waals surface area (Å²) in [7, 11) is 1.27. The molecule has 3 aromatic rings. The van der Waals surface area contributed by atoms with Gasteiger partial charge in [0, 0.05) is 35.7 Å². The van der Waals surface area contributed by atoms with Crippen molar-refractivity contribution in [2.75, 3.05) is 13.7 Å². The summed E-state index contributed by atoms with van der Waals surface area (Å²) in [5, 5.41) is 3.11. The molecule has 0 bridgehead atoms. The van der Waals surface area contributed by atoms with Gasteiger partial charge in [0.1, 0.15) is 17.9 Å². The van der Waals surface area contributed by atoms with Crippen LogP contribution in [0, 0.1) is 5.82 Å². The number of carbonyl (C=O) groups is 2. The lowest BCUT2D eigenvalue weighted by molar-refractivity contribution is -0.142. The summed E-state index contributed by atoms with van der Waals surface area (Å²) in [5.74, 6) is -1.06. The van der Waals surface area contributed by atoms with Gasteiger partial charge in [-0.05, 0) is 23.8 Å². The van der Waals surface area contributed by atoms with E-state index in [0.29, 0.717) is 23.7 Å². The Bertz CT molecular complexity index is 1120. The van der Waals surface area contributed by atoms with Crippen molar-refractivity contribution in [2.24, 2.45) is 0 Å². The highest BCUT2D eigenvalue weighted by Crippen LogP contribution is 2.35. The molecule has 2 amide bonds. The number of H-pyrrole nitrogens is 1. The molecule has 0 unspecified atom stereocenters. The smallest absolute Gasteiger partial charge is 0.328 e. The van der Waals surface area contributed by atoms with Crippen molar-refractivity contribution in [3.63, 3.8) is 0 Å². The average Bonchev–Trinajstić information content (AvgIpc) is 3.28. The first-order valence-electron chi connectivity index (χ1n) is 10.1. The molecule has 1 aromatic heterocycles. The lowest BCUT2D eigenvalue weighted by atomic mass is 9.95. The van der Waals surface area contributed by atoms with Crippen LogP contribution in [0.15, 0.2) is 54.9 Å². The van der Waals surface area contributed by atoms with Crippen LogP contribution in [-0.2, 0) is 22.4 Å². The van der Waals surface area contributed by atoms with Gasteiger partial charge in [0.05, 0.1) is 19.1 Å². The van der Waals surface area contributed by atoms with Crippen LogP contribution in [0.5, 0.6) is 0 Å². The highest BCUT2D eigenvalue weighted by atomic mass is 35.5. The van der Waals surface area contributed by atoms with E-state index in [4.69, 9.17) is 16.3 Å². The highest BCUT2D eigenvalue weighted by molar-refractivity contribution is 6.30. The van der Waals surface area contributed by atoms with Gasteiger partial charge in [0.25, 0.3) is 0 Å². The first kappa shape index (κ1) is 21.8. The number of rotatable bonds is 5. The van der Waals surface area contributed by atoms with E-state index in [9.17, 15) is 14.0 Å². The molecule has 4 rings (SSSR count). The van der Waals surface area contributed by atoms with E-state index in [1.165, 1.54) is 36.5 Å². The summed E-state index contributed by atoms with van der Waals surface area (Å²) in [6, 6.07) is 11.3. The number of methoxy groups -OCH3 is 1. The Morgan fingerprint density at radius 2 is 2.09 bits per heavy atom. The summed E-state index contributed by atoms with van der Waals surface area (Å²) in [6.45, 7) is 0.302. The van der Waals surface area contributed by atoms with E-state index in [1.54, 1.807) is 0 Å². The maximum absolute atomic E-state index is 14.8. The number of benzene rings is 2. The zero-order chi connectivity index (χ0) is 22.7. The van der Waals surface area contributed by atoms with E-state index >= 15 is 0 Å². The number of esters is 1. The van der Waals surface area contributed by atoms with Gasteiger partial charge < -0.3 is 19.9 Å². The second-order valence-corrected chi connectivity index (χ2v) is 7.93. The first-order chi connectivity index (χ1) is 15.5. The van der Waals surface area contributed by atoms with Gasteiger partial charge >= 0.3 is 12.0 Å². The van der Waals surface area contributed by atoms with Gasteiger partial charge in [-0.2, -0.15) is 0 Å². The number of ether oxygens (including phenoxy) is 1. The number of nitrogens with zero attached hydrogens (tertiary/aromatic N) is 2. The van der Waals surface area contributed by atoms with Gasteiger partial charge in [-0.25, -0.2) is 19.0 Å². The lowest BCUT2D eigenvalue weighted by Gasteiger charge is -2.36. The van der Waals surface area contributed by atoms with Crippen LogP contribution in [0.2, 0.25) is 5.02 Å². The number of halogens is 2. The number of fused-ring (bicyclic) bond motifs is 1. The molecule has 2 heterocycles. The maximum atomic E-state index is 14.8. The quantitative estimate of drug-likeness (QED) is 0.574. The topological polar surface area (TPSA) is 87.3 Å². The molecular weight excluding hydrogens is 435 g/mol. The number of urea groups is 1. The SMILES string of the molecule is COC(=O)[C@@H](Cc1ccccc1)NC(=O)N1CCc2[nH]cnc2[C@H]1c1cc(Cl)ccc1F. The van der Waals surface area contributed by atoms with Gasteiger partial charge in [0.15, 0.2) is 0 Å². The number of nitrogens with one attached hydrogen (secondary N) is 2. The van der Waals surface area contributed by atoms with Crippen molar-refractivity contribution < 1.29 is 18.7 Å². The molecule has 0 radical (unpaired) electrons. The molecule has 0 saturated heterocycles. The normalized spacial score (nSPS) is 16.2. The molecule has 2 N–H and O–H groups in total. The standard InChI is InChI=1S/C23H22ClFN4O3/c1-32-22(30)19(11-14-5-3-2-4-6-14)28-23(31)29-10-9-18-20(27-13-26-18)21(29)16-12-15(24)7-8-17(16)25/h2-8,12-13,19,21H,9-11H2,1H3,(H,26,27)(H,28,31)/t19-,21-/m1/s1. The summed E-state index contributed by atoms with van der Waals surface area (Å²) in [4.78, 5) is 34.6. The molecule has 166 valence electrons. The Morgan fingerprint density at radius 3 is 2.84 bits per heavy atom. The fourth-order valence-corrected chi connectivity index (χ4v) is 4.13. The molecular formula is C23H22ClFN4O3. The molecule has 32 heavy (non-hydrogen) atoms. The molecule has 0 spiro atoms. The molecule has 0 aliphatic carbocycles. The van der Waals surface area contributed by atoms with Crippen LogP contribution in [0.1, 0.15) is 28.6 Å². The maximum Gasteiger partial charge on any atom is 0.328 e. The van der Waals surface area contributed by atoms with E-state index in [-0.39, 0.29) is 12.0 Å². The van der Waals surface area contributed by atoms with Gasteiger partial charge in [-0.15, -0.1) is 0 Å². The third-order valence-electron chi connectivity index (χ3n) is 5.50. The van der Waals surface area contributed by atoms with E-state index < -0.39 is 29.9 Å². The number of amides is 2. The number of hydrogen-bond acceptors (Lipinski definition) is 4. The van der Waals surface area contributed by atoms with Crippen molar-refractivity contribution >= 4 is 23.6 Å².